The molecule has 148 valence electrons. The molecule has 3 aliphatic rings. The smallest absolute Gasteiger partial charge is 0.317 e. The fourth-order valence-corrected chi connectivity index (χ4v) is 4.04. The number of urea groups is 1. The molecule has 2 unspecified atom stereocenters. The highest BCUT2D eigenvalue weighted by molar-refractivity contribution is 5.75. The van der Waals surface area contributed by atoms with E-state index < -0.39 is 11.6 Å². The van der Waals surface area contributed by atoms with Gasteiger partial charge in [-0.25, -0.2) is 13.6 Å². The maximum atomic E-state index is 13.4. The molecule has 5 nitrogen and oxygen atoms in total. The molecular weight excluding hydrogens is 352 g/mol. The van der Waals surface area contributed by atoms with E-state index in [1.54, 1.807) is 6.07 Å². The van der Waals surface area contributed by atoms with Crippen molar-refractivity contribution in [2.24, 2.45) is 11.8 Å². The standard InChI is InChI=1S/C20H27F2N3O2/c21-18-4-3-17(9-19(18)22)24-7-5-14(11-24)10-23-20(26)25(16-1-2-16)12-15-6-8-27-13-15/h3-4,9,14-16H,1-2,5-8,10-13H2,(H,23,26). The number of hydrogen-bond acceptors (Lipinski definition) is 3. The number of halogens is 2. The number of benzene rings is 1. The number of carbonyl (C=O) groups excluding carboxylic acids is 1. The highest BCUT2D eigenvalue weighted by Gasteiger charge is 2.35. The van der Waals surface area contributed by atoms with E-state index in [1.807, 2.05) is 9.80 Å². The van der Waals surface area contributed by atoms with E-state index in [4.69, 9.17) is 4.74 Å². The molecule has 0 radical (unpaired) electrons. The van der Waals surface area contributed by atoms with E-state index in [0.29, 0.717) is 30.1 Å². The van der Waals surface area contributed by atoms with Crippen LogP contribution in [0, 0.1) is 23.5 Å². The molecule has 27 heavy (non-hydrogen) atoms. The van der Waals surface area contributed by atoms with Crippen molar-refractivity contribution < 1.29 is 18.3 Å². The van der Waals surface area contributed by atoms with Crippen LogP contribution in [0.4, 0.5) is 19.3 Å². The number of nitrogens with one attached hydrogen (secondary N) is 1. The zero-order valence-electron chi connectivity index (χ0n) is 15.5. The first-order valence-electron chi connectivity index (χ1n) is 9.92. The SMILES string of the molecule is O=C(NCC1CCN(c2ccc(F)c(F)c2)C1)N(CC1CCOC1)C1CC1. The summed E-state index contributed by atoms with van der Waals surface area (Å²) in [5.41, 5.74) is 0.698. The topological polar surface area (TPSA) is 44.8 Å². The summed E-state index contributed by atoms with van der Waals surface area (Å²) >= 11 is 0. The van der Waals surface area contributed by atoms with Gasteiger partial charge < -0.3 is 19.9 Å². The van der Waals surface area contributed by atoms with Crippen molar-refractivity contribution in [1.82, 2.24) is 10.2 Å². The number of anilines is 1. The van der Waals surface area contributed by atoms with Crippen LogP contribution >= 0.6 is 0 Å². The lowest BCUT2D eigenvalue weighted by atomic mass is 10.1. The molecule has 0 aromatic heterocycles. The molecule has 2 heterocycles. The van der Waals surface area contributed by atoms with Gasteiger partial charge in [0.15, 0.2) is 11.6 Å². The van der Waals surface area contributed by atoms with Gasteiger partial charge in [0.2, 0.25) is 0 Å². The lowest BCUT2D eigenvalue weighted by Gasteiger charge is -2.26. The van der Waals surface area contributed by atoms with Crippen LogP contribution in [-0.2, 0) is 4.74 Å². The third-order valence-corrected chi connectivity index (χ3v) is 5.82. The second kappa shape index (κ2) is 8.00. The first-order valence-corrected chi connectivity index (χ1v) is 9.92. The Morgan fingerprint density at radius 2 is 2.04 bits per heavy atom. The minimum absolute atomic E-state index is 0.0238. The minimum atomic E-state index is -0.824. The van der Waals surface area contributed by atoms with Crippen LogP contribution in [0.15, 0.2) is 18.2 Å². The highest BCUT2D eigenvalue weighted by Crippen LogP contribution is 2.29. The van der Waals surface area contributed by atoms with Crippen LogP contribution in [0.5, 0.6) is 0 Å². The van der Waals surface area contributed by atoms with Gasteiger partial charge in [0.1, 0.15) is 0 Å². The number of amides is 2. The Bertz CT molecular complexity index is 677. The lowest BCUT2D eigenvalue weighted by molar-refractivity contribution is 0.161. The fraction of sp³-hybridized carbons (Fsp3) is 0.650. The molecular formula is C20H27F2N3O2. The van der Waals surface area contributed by atoms with Crippen molar-refractivity contribution in [3.63, 3.8) is 0 Å². The van der Waals surface area contributed by atoms with Crippen LogP contribution in [-0.4, -0.2) is 56.4 Å². The highest BCUT2D eigenvalue weighted by atomic mass is 19.2. The van der Waals surface area contributed by atoms with E-state index in [1.165, 1.54) is 12.1 Å². The summed E-state index contributed by atoms with van der Waals surface area (Å²) in [7, 11) is 0. The van der Waals surface area contributed by atoms with Crippen molar-refractivity contribution >= 4 is 11.7 Å². The van der Waals surface area contributed by atoms with Crippen molar-refractivity contribution in [1.29, 1.82) is 0 Å². The Morgan fingerprint density at radius 1 is 1.19 bits per heavy atom. The molecule has 2 atom stereocenters. The summed E-state index contributed by atoms with van der Waals surface area (Å²) in [4.78, 5) is 16.7. The predicted octanol–water partition coefficient (Wildman–Crippen LogP) is 3.00. The van der Waals surface area contributed by atoms with Crippen LogP contribution in [0.25, 0.3) is 0 Å². The van der Waals surface area contributed by atoms with Gasteiger partial charge in [-0.15, -0.1) is 0 Å². The van der Waals surface area contributed by atoms with Crippen LogP contribution < -0.4 is 10.2 Å². The second-order valence-corrected chi connectivity index (χ2v) is 8.00. The summed E-state index contributed by atoms with van der Waals surface area (Å²) < 4.78 is 32.0. The first-order chi connectivity index (χ1) is 13.1. The molecule has 3 fully saturated rings. The molecule has 0 spiro atoms. The van der Waals surface area contributed by atoms with Gasteiger partial charge in [-0.3, -0.25) is 0 Å². The molecule has 1 saturated carbocycles. The zero-order chi connectivity index (χ0) is 18.8. The first kappa shape index (κ1) is 18.5. The number of carbonyl (C=O) groups is 1. The average molecular weight is 379 g/mol. The van der Waals surface area contributed by atoms with Gasteiger partial charge in [-0.2, -0.15) is 0 Å². The number of rotatable bonds is 6. The van der Waals surface area contributed by atoms with Crippen LogP contribution in [0.1, 0.15) is 25.7 Å². The Hall–Kier alpha value is -1.89. The van der Waals surface area contributed by atoms with Gasteiger partial charge in [-0.05, 0) is 43.7 Å². The fourth-order valence-electron chi connectivity index (χ4n) is 4.04. The Morgan fingerprint density at radius 3 is 2.74 bits per heavy atom. The number of hydrogen-bond donors (Lipinski definition) is 1. The Balaban J connectivity index is 1.26. The van der Waals surface area contributed by atoms with E-state index in [9.17, 15) is 13.6 Å². The molecule has 2 aliphatic heterocycles. The predicted molar refractivity (Wildman–Crippen MR) is 98.7 cm³/mol. The molecule has 1 aromatic carbocycles. The van der Waals surface area contributed by atoms with Gasteiger partial charge in [-0.1, -0.05) is 0 Å². The molecule has 2 saturated heterocycles. The molecule has 7 heteroatoms. The monoisotopic (exact) mass is 379 g/mol. The molecule has 0 bridgehead atoms. The second-order valence-electron chi connectivity index (χ2n) is 8.00. The van der Waals surface area contributed by atoms with Crippen LogP contribution in [0.3, 0.4) is 0 Å². The summed E-state index contributed by atoms with van der Waals surface area (Å²) in [5.74, 6) is -0.876. The van der Waals surface area contributed by atoms with Crippen molar-refractivity contribution in [3.8, 4) is 0 Å². The lowest BCUT2D eigenvalue weighted by Crippen LogP contribution is -2.45. The van der Waals surface area contributed by atoms with Crippen molar-refractivity contribution in [2.75, 3.05) is 44.3 Å². The summed E-state index contributed by atoms with van der Waals surface area (Å²) in [6.07, 6.45) is 4.14. The van der Waals surface area contributed by atoms with Gasteiger partial charge in [0, 0.05) is 56.5 Å². The molecule has 1 aliphatic carbocycles. The molecule has 1 aromatic rings. The van der Waals surface area contributed by atoms with E-state index in [2.05, 4.69) is 5.32 Å². The molecule has 2 amide bonds. The molecule has 4 rings (SSSR count). The largest absolute Gasteiger partial charge is 0.381 e. The summed E-state index contributed by atoms with van der Waals surface area (Å²) in [6, 6.07) is 4.43. The summed E-state index contributed by atoms with van der Waals surface area (Å²) in [5, 5.41) is 3.10. The average Bonchev–Trinajstić information content (AvgIpc) is 3.17. The Kier molecular flexibility index (Phi) is 5.48. The third kappa shape index (κ3) is 4.51. The summed E-state index contributed by atoms with van der Waals surface area (Å²) in [6.45, 7) is 4.48. The van der Waals surface area contributed by atoms with Gasteiger partial charge in [0.25, 0.3) is 0 Å². The molecule has 1 N–H and O–H groups in total. The van der Waals surface area contributed by atoms with E-state index in [-0.39, 0.29) is 6.03 Å². The van der Waals surface area contributed by atoms with Crippen molar-refractivity contribution in [2.45, 2.75) is 31.7 Å². The maximum Gasteiger partial charge on any atom is 0.317 e. The number of ether oxygens (including phenoxy) is 1. The quantitative estimate of drug-likeness (QED) is 0.827. The van der Waals surface area contributed by atoms with Gasteiger partial charge >= 0.3 is 6.03 Å². The minimum Gasteiger partial charge on any atom is -0.381 e. The number of nitrogens with zero attached hydrogens (tertiary/aromatic N) is 2. The normalized spacial score (nSPS) is 25.0. The van der Waals surface area contributed by atoms with Crippen molar-refractivity contribution in [3.05, 3.63) is 29.8 Å². The Labute approximate surface area is 158 Å². The van der Waals surface area contributed by atoms with E-state index in [0.717, 1.165) is 58.5 Å². The maximum absolute atomic E-state index is 13.4. The van der Waals surface area contributed by atoms with E-state index >= 15 is 0 Å². The third-order valence-electron chi connectivity index (χ3n) is 5.82. The van der Waals surface area contributed by atoms with Crippen LogP contribution in [0.2, 0.25) is 0 Å². The van der Waals surface area contributed by atoms with Gasteiger partial charge in [0.05, 0.1) is 6.61 Å². The zero-order valence-corrected chi connectivity index (χ0v) is 15.5.